The van der Waals surface area contributed by atoms with Crippen molar-refractivity contribution in [1.29, 1.82) is 0 Å². The van der Waals surface area contributed by atoms with E-state index >= 15 is 0 Å². The van der Waals surface area contributed by atoms with E-state index < -0.39 is 0 Å². The van der Waals surface area contributed by atoms with Gasteiger partial charge in [0.05, 0.1) is 19.5 Å². The Hall–Kier alpha value is -1.58. The van der Waals surface area contributed by atoms with Crippen LogP contribution in [0, 0.1) is 0 Å². The third-order valence-corrected chi connectivity index (χ3v) is 1.27. The lowest BCUT2D eigenvalue weighted by Crippen LogP contribution is -2.02. The van der Waals surface area contributed by atoms with Crippen LogP contribution in [0.15, 0.2) is 25.0 Å². The van der Waals surface area contributed by atoms with E-state index in [2.05, 4.69) is 21.9 Å². The molecule has 64 valence electrons. The molecule has 0 amide bonds. The average Bonchev–Trinajstić information content (AvgIpc) is 2.15. The standard InChI is InChI=1S/C8H11N3O/c1-3-4-9-8-10-5-7(12-2)6-11-8/h3,5-6H,1,4H2,2H3,(H,9,10,11). The zero-order valence-electron chi connectivity index (χ0n) is 6.95. The van der Waals surface area contributed by atoms with Crippen molar-refractivity contribution in [3.8, 4) is 5.75 Å². The number of methoxy groups -OCH3 is 1. The van der Waals surface area contributed by atoms with Crippen molar-refractivity contribution in [2.75, 3.05) is 19.0 Å². The fourth-order valence-corrected chi connectivity index (χ4v) is 0.676. The van der Waals surface area contributed by atoms with E-state index in [0.29, 0.717) is 18.2 Å². The lowest BCUT2D eigenvalue weighted by atomic mass is 10.6. The molecule has 1 rings (SSSR count). The summed E-state index contributed by atoms with van der Waals surface area (Å²) in [4.78, 5) is 7.98. The molecule has 1 aromatic heterocycles. The molecule has 1 N–H and O–H groups in total. The molecule has 0 aromatic carbocycles. The van der Waals surface area contributed by atoms with Crippen molar-refractivity contribution in [2.24, 2.45) is 0 Å². The molecule has 1 aromatic rings. The maximum atomic E-state index is 4.90. The lowest BCUT2D eigenvalue weighted by molar-refractivity contribution is 0.411. The largest absolute Gasteiger partial charge is 0.494 e. The predicted molar refractivity (Wildman–Crippen MR) is 47.3 cm³/mol. The second kappa shape index (κ2) is 4.33. The molecule has 0 atom stereocenters. The molecule has 0 saturated heterocycles. The first-order chi connectivity index (χ1) is 5.86. The van der Waals surface area contributed by atoms with Crippen LogP contribution in [0.2, 0.25) is 0 Å². The van der Waals surface area contributed by atoms with Crippen LogP contribution in [0.4, 0.5) is 5.95 Å². The number of aromatic nitrogens is 2. The van der Waals surface area contributed by atoms with Crippen LogP contribution in [0.25, 0.3) is 0 Å². The van der Waals surface area contributed by atoms with Gasteiger partial charge in [-0.1, -0.05) is 6.08 Å². The zero-order chi connectivity index (χ0) is 8.81. The van der Waals surface area contributed by atoms with Gasteiger partial charge in [-0.25, -0.2) is 9.97 Å². The molecule has 0 aliphatic heterocycles. The molecule has 0 spiro atoms. The molecule has 0 unspecified atom stereocenters. The van der Waals surface area contributed by atoms with Gasteiger partial charge in [-0.3, -0.25) is 0 Å². The number of hydrogen-bond acceptors (Lipinski definition) is 4. The number of nitrogens with zero attached hydrogens (tertiary/aromatic N) is 2. The first kappa shape index (κ1) is 8.52. The number of ether oxygens (including phenoxy) is 1. The lowest BCUT2D eigenvalue weighted by Gasteiger charge is -2.01. The van der Waals surface area contributed by atoms with Crippen molar-refractivity contribution in [3.63, 3.8) is 0 Å². The Kier molecular flexibility index (Phi) is 3.07. The highest BCUT2D eigenvalue weighted by molar-refractivity contribution is 5.27. The van der Waals surface area contributed by atoms with Gasteiger partial charge >= 0.3 is 0 Å². The maximum Gasteiger partial charge on any atom is 0.223 e. The molecule has 1 heterocycles. The average molecular weight is 165 g/mol. The van der Waals surface area contributed by atoms with E-state index in [1.54, 1.807) is 25.6 Å². The van der Waals surface area contributed by atoms with E-state index in [1.807, 2.05) is 0 Å². The van der Waals surface area contributed by atoms with Gasteiger partial charge in [0.15, 0.2) is 5.75 Å². The maximum absolute atomic E-state index is 4.90. The highest BCUT2D eigenvalue weighted by atomic mass is 16.5. The molecule has 4 nitrogen and oxygen atoms in total. The van der Waals surface area contributed by atoms with Gasteiger partial charge in [-0.2, -0.15) is 0 Å². The normalized spacial score (nSPS) is 9.08. The van der Waals surface area contributed by atoms with Gasteiger partial charge in [-0.05, 0) is 0 Å². The van der Waals surface area contributed by atoms with Crippen molar-refractivity contribution in [2.45, 2.75) is 0 Å². The van der Waals surface area contributed by atoms with Gasteiger partial charge < -0.3 is 10.1 Å². The molecule has 0 fully saturated rings. The minimum Gasteiger partial charge on any atom is -0.494 e. The van der Waals surface area contributed by atoms with Crippen LogP contribution >= 0.6 is 0 Å². The van der Waals surface area contributed by atoms with Gasteiger partial charge in [0, 0.05) is 6.54 Å². The van der Waals surface area contributed by atoms with Gasteiger partial charge in [0.1, 0.15) is 0 Å². The number of hydrogen-bond donors (Lipinski definition) is 1. The van der Waals surface area contributed by atoms with Crippen LogP contribution in [-0.4, -0.2) is 23.6 Å². The summed E-state index contributed by atoms with van der Waals surface area (Å²) in [5, 5.41) is 2.95. The summed E-state index contributed by atoms with van der Waals surface area (Å²) in [7, 11) is 1.58. The fraction of sp³-hybridized carbons (Fsp3) is 0.250. The molecular formula is C8H11N3O. The first-order valence-corrected chi connectivity index (χ1v) is 3.57. The van der Waals surface area contributed by atoms with Crippen LogP contribution in [0.5, 0.6) is 5.75 Å². The first-order valence-electron chi connectivity index (χ1n) is 3.57. The number of nitrogens with one attached hydrogen (secondary N) is 1. The molecule has 4 heteroatoms. The van der Waals surface area contributed by atoms with Crippen LogP contribution in [-0.2, 0) is 0 Å². The molecule has 0 aliphatic carbocycles. The van der Waals surface area contributed by atoms with Crippen LogP contribution < -0.4 is 10.1 Å². The molecule has 0 radical (unpaired) electrons. The second-order valence-corrected chi connectivity index (χ2v) is 2.12. The monoisotopic (exact) mass is 165 g/mol. The summed E-state index contributed by atoms with van der Waals surface area (Å²) in [6.45, 7) is 4.23. The van der Waals surface area contributed by atoms with E-state index in [1.165, 1.54) is 0 Å². The minimum absolute atomic E-state index is 0.579. The third-order valence-electron chi connectivity index (χ3n) is 1.27. The van der Waals surface area contributed by atoms with Gasteiger partial charge in [0.25, 0.3) is 0 Å². The van der Waals surface area contributed by atoms with Crippen LogP contribution in [0.1, 0.15) is 0 Å². The smallest absolute Gasteiger partial charge is 0.223 e. The van der Waals surface area contributed by atoms with E-state index in [-0.39, 0.29) is 0 Å². The summed E-state index contributed by atoms with van der Waals surface area (Å²) < 4.78 is 4.90. The van der Waals surface area contributed by atoms with Crippen molar-refractivity contribution in [3.05, 3.63) is 25.0 Å². The highest BCUT2D eigenvalue weighted by Gasteiger charge is 1.93. The summed E-state index contributed by atoms with van der Waals surface area (Å²) >= 11 is 0. The third kappa shape index (κ3) is 2.23. The minimum atomic E-state index is 0.579. The highest BCUT2D eigenvalue weighted by Crippen LogP contribution is 2.06. The Labute approximate surface area is 71.3 Å². The fourth-order valence-electron chi connectivity index (χ4n) is 0.676. The van der Waals surface area contributed by atoms with E-state index in [9.17, 15) is 0 Å². The molecule has 0 aliphatic rings. The summed E-state index contributed by atoms with van der Waals surface area (Å²) in [6, 6.07) is 0. The molecule has 0 saturated carbocycles. The van der Waals surface area contributed by atoms with Crippen molar-refractivity contribution in [1.82, 2.24) is 9.97 Å². The van der Waals surface area contributed by atoms with E-state index in [0.717, 1.165) is 0 Å². The van der Waals surface area contributed by atoms with Gasteiger partial charge in [-0.15, -0.1) is 6.58 Å². The SMILES string of the molecule is C=CCNc1ncc(OC)cn1. The Balaban J connectivity index is 2.58. The predicted octanol–water partition coefficient (Wildman–Crippen LogP) is 1.08. The van der Waals surface area contributed by atoms with Crippen molar-refractivity contribution >= 4 is 5.95 Å². The number of rotatable bonds is 4. The Morgan fingerprint density at radius 3 is 2.75 bits per heavy atom. The Morgan fingerprint density at radius 1 is 1.58 bits per heavy atom. The van der Waals surface area contributed by atoms with Crippen molar-refractivity contribution < 1.29 is 4.74 Å². The molecular weight excluding hydrogens is 154 g/mol. The number of anilines is 1. The second-order valence-electron chi connectivity index (χ2n) is 2.12. The molecule has 0 bridgehead atoms. The quantitative estimate of drug-likeness (QED) is 0.678. The topological polar surface area (TPSA) is 47.0 Å². The zero-order valence-corrected chi connectivity index (χ0v) is 6.95. The Bertz CT molecular complexity index is 245. The van der Waals surface area contributed by atoms with Gasteiger partial charge in [0.2, 0.25) is 5.95 Å². The Morgan fingerprint density at radius 2 is 2.25 bits per heavy atom. The van der Waals surface area contributed by atoms with E-state index in [4.69, 9.17) is 4.74 Å². The summed E-state index contributed by atoms with van der Waals surface area (Å²) in [6.07, 6.45) is 4.96. The summed E-state index contributed by atoms with van der Waals surface area (Å²) in [5.41, 5.74) is 0. The summed E-state index contributed by atoms with van der Waals surface area (Å²) in [5.74, 6) is 1.23. The molecule has 12 heavy (non-hydrogen) atoms. The van der Waals surface area contributed by atoms with Crippen LogP contribution in [0.3, 0.4) is 0 Å².